The van der Waals surface area contributed by atoms with Gasteiger partial charge in [-0.1, -0.05) is 12.2 Å². The third-order valence-electron chi connectivity index (χ3n) is 3.15. The molecule has 98 valence electrons. The molecule has 2 unspecified atom stereocenters. The van der Waals surface area contributed by atoms with E-state index in [9.17, 15) is 4.39 Å². The van der Waals surface area contributed by atoms with Crippen molar-refractivity contribution in [1.82, 2.24) is 0 Å². The minimum absolute atomic E-state index is 0.145. The maximum absolute atomic E-state index is 13.2. The van der Waals surface area contributed by atoms with Crippen LogP contribution >= 0.6 is 12.2 Å². The fourth-order valence-electron chi connectivity index (χ4n) is 2.18. The van der Waals surface area contributed by atoms with Crippen LogP contribution in [0.4, 0.5) is 10.1 Å². The van der Waals surface area contributed by atoms with Crippen LogP contribution in [0.1, 0.15) is 25.3 Å². The van der Waals surface area contributed by atoms with E-state index in [4.69, 9.17) is 22.7 Å². The number of benzene rings is 1. The first-order valence-electron chi connectivity index (χ1n) is 6.05. The summed E-state index contributed by atoms with van der Waals surface area (Å²) < 4.78 is 18.8. The SMILES string of the molecule is CC(Nc1ccc(F)cc1C(N)=S)C1CCCO1. The van der Waals surface area contributed by atoms with Crippen molar-refractivity contribution < 1.29 is 9.13 Å². The molecule has 2 atom stereocenters. The van der Waals surface area contributed by atoms with Crippen LogP contribution in [-0.4, -0.2) is 23.7 Å². The molecule has 3 nitrogen and oxygen atoms in total. The van der Waals surface area contributed by atoms with Gasteiger partial charge in [0.15, 0.2) is 0 Å². The zero-order valence-corrected chi connectivity index (χ0v) is 11.1. The van der Waals surface area contributed by atoms with Gasteiger partial charge in [-0.15, -0.1) is 0 Å². The van der Waals surface area contributed by atoms with Gasteiger partial charge in [0.1, 0.15) is 10.8 Å². The second kappa shape index (κ2) is 5.63. The van der Waals surface area contributed by atoms with Crippen LogP contribution in [0.3, 0.4) is 0 Å². The highest BCUT2D eigenvalue weighted by molar-refractivity contribution is 7.80. The smallest absolute Gasteiger partial charge is 0.124 e. The Bertz CT molecular complexity index is 447. The highest BCUT2D eigenvalue weighted by Crippen LogP contribution is 2.22. The third-order valence-corrected chi connectivity index (χ3v) is 3.37. The van der Waals surface area contributed by atoms with E-state index in [1.807, 2.05) is 6.92 Å². The molecule has 18 heavy (non-hydrogen) atoms. The Labute approximate surface area is 112 Å². The second-order valence-electron chi connectivity index (χ2n) is 4.54. The van der Waals surface area contributed by atoms with Crippen molar-refractivity contribution in [3.63, 3.8) is 0 Å². The van der Waals surface area contributed by atoms with Crippen molar-refractivity contribution in [2.24, 2.45) is 5.73 Å². The van der Waals surface area contributed by atoms with Crippen molar-refractivity contribution in [2.75, 3.05) is 11.9 Å². The van der Waals surface area contributed by atoms with Gasteiger partial charge in [-0.25, -0.2) is 4.39 Å². The molecule has 0 aromatic heterocycles. The number of hydrogen-bond acceptors (Lipinski definition) is 3. The van der Waals surface area contributed by atoms with E-state index in [0.29, 0.717) is 5.56 Å². The molecule has 1 saturated heterocycles. The molecule has 1 aromatic rings. The molecule has 1 heterocycles. The van der Waals surface area contributed by atoms with Crippen molar-refractivity contribution >= 4 is 22.9 Å². The number of hydrogen-bond donors (Lipinski definition) is 2. The van der Waals surface area contributed by atoms with Gasteiger partial charge >= 0.3 is 0 Å². The van der Waals surface area contributed by atoms with E-state index < -0.39 is 0 Å². The van der Waals surface area contributed by atoms with Crippen LogP contribution in [0.2, 0.25) is 0 Å². The van der Waals surface area contributed by atoms with Gasteiger partial charge in [0, 0.05) is 23.9 Å². The molecule has 0 radical (unpaired) electrons. The lowest BCUT2D eigenvalue weighted by atomic mass is 10.1. The Morgan fingerprint density at radius 3 is 3.00 bits per heavy atom. The van der Waals surface area contributed by atoms with Crippen LogP contribution in [0.5, 0.6) is 0 Å². The maximum Gasteiger partial charge on any atom is 0.124 e. The summed E-state index contributed by atoms with van der Waals surface area (Å²) in [6, 6.07) is 4.56. The molecule has 0 aliphatic carbocycles. The molecule has 0 saturated carbocycles. The number of anilines is 1. The predicted octanol–water partition coefficient (Wildman–Crippen LogP) is 2.44. The van der Waals surface area contributed by atoms with Gasteiger partial charge in [-0.05, 0) is 38.0 Å². The standard InChI is InChI=1S/C13H17FN2OS/c1-8(12-3-2-6-17-12)16-11-5-4-9(14)7-10(11)13(15)18/h4-5,7-8,12,16H,2-3,6H2,1H3,(H2,15,18). The molecule has 0 bridgehead atoms. The van der Waals surface area contributed by atoms with E-state index in [0.717, 1.165) is 25.1 Å². The van der Waals surface area contributed by atoms with E-state index in [-0.39, 0.29) is 23.0 Å². The highest BCUT2D eigenvalue weighted by Gasteiger charge is 2.23. The lowest BCUT2D eigenvalue weighted by Crippen LogP contribution is -2.31. The van der Waals surface area contributed by atoms with Crippen LogP contribution in [0.15, 0.2) is 18.2 Å². The summed E-state index contributed by atoms with van der Waals surface area (Å²) in [5.41, 5.74) is 6.90. The van der Waals surface area contributed by atoms with Crippen molar-refractivity contribution in [3.8, 4) is 0 Å². The predicted molar refractivity (Wildman–Crippen MR) is 74.3 cm³/mol. The topological polar surface area (TPSA) is 47.3 Å². The molecule has 1 aromatic carbocycles. The largest absolute Gasteiger partial charge is 0.389 e. The lowest BCUT2D eigenvalue weighted by Gasteiger charge is -2.22. The van der Waals surface area contributed by atoms with E-state index in [2.05, 4.69) is 5.32 Å². The van der Waals surface area contributed by atoms with Gasteiger partial charge in [-0.2, -0.15) is 0 Å². The first kappa shape index (κ1) is 13.2. The van der Waals surface area contributed by atoms with Crippen LogP contribution in [-0.2, 0) is 4.74 Å². The Balaban J connectivity index is 2.15. The van der Waals surface area contributed by atoms with Gasteiger partial charge in [0.2, 0.25) is 0 Å². The lowest BCUT2D eigenvalue weighted by molar-refractivity contribution is 0.0996. The normalized spacial score (nSPS) is 20.7. The van der Waals surface area contributed by atoms with Crippen molar-refractivity contribution in [3.05, 3.63) is 29.6 Å². The highest BCUT2D eigenvalue weighted by atomic mass is 32.1. The summed E-state index contributed by atoms with van der Waals surface area (Å²) in [5, 5.41) is 3.30. The van der Waals surface area contributed by atoms with Crippen LogP contribution in [0, 0.1) is 5.82 Å². The molecule has 0 spiro atoms. The molecule has 1 fully saturated rings. The fourth-order valence-corrected chi connectivity index (χ4v) is 2.35. The Kier molecular flexibility index (Phi) is 4.14. The Hall–Kier alpha value is -1.20. The van der Waals surface area contributed by atoms with Crippen molar-refractivity contribution in [1.29, 1.82) is 0 Å². The molecule has 0 amide bonds. The van der Waals surface area contributed by atoms with Crippen molar-refractivity contribution in [2.45, 2.75) is 31.9 Å². The van der Waals surface area contributed by atoms with E-state index in [1.165, 1.54) is 12.1 Å². The van der Waals surface area contributed by atoms with E-state index >= 15 is 0 Å². The van der Waals surface area contributed by atoms with Gasteiger partial charge in [-0.3, -0.25) is 0 Å². The second-order valence-corrected chi connectivity index (χ2v) is 4.98. The van der Waals surface area contributed by atoms with Gasteiger partial charge < -0.3 is 15.8 Å². The number of nitrogens with one attached hydrogen (secondary N) is 1. The average molecular weight is 268 g/mol. The molecular weight excluding hydrogens is 251 g/mol. The summed E-state index contributed by atoms with van der Waals surface area (Å²) in [4.78, 5) is 0.191. The van der Waals surface area contributed by atoms with Crippen LogP contribution in [0.25, 0.3) is 0 Å². The Morgan fingerprint density at radius 1 is 1.61 bits per heavy atom. The molecule has 5 heteroatoms. The molecule has 1 aliphatic rings. The number of ether oxygens (including phenoxy) is 1. The third kappa shape index (κ3) is 2.97. The summed E-state index contributed by atoms with van der Waals surface area (Å²) in [7, 11) is 0. The quantitative estimate of drug-likeness (QED) is 0.823. The molecule has 1 aliphatic heterocycles. The number of thiocarbonyl (C=S) groups is 1. The summed E-state index contributed by atoms with van der Waals surface area (Å²) in [6.07, 6.45) is 2.31. The van der Waals surface area contributed by atoms with Gasteiger partial charge in [0.25, 0.3) is 0 Å². The number of nitrogens with two attached hydrogens (primary N) is 1. The zero-order chi connectivity index (χ0) is 13.1. The Morgan fingerprint density at radius 2 is 2.39 bits per heavy atom. The average Bonchev–Trinajstić information content (AvgIpc) is 2.84. The fraction of sp³-hybridized carbons (Fsp3) is 0.462. The molecular formula is C13H17FN2OS. The molecule has 3 N–H and O–H groups in total. The van der Waals surface area contributed by atoms with Gasteiger partial charge in [0.05, 0.1) is 6.10 Å². The molecule has 2 rings (SSSR count). The maximum atomic E-state index is 13.2. The number of halogens is 1. The van der Waals surface area contributed by atoms with E-state index in [1.54, 1.807) is 6.07 Å². The monoisotopic (exact) mass is 268 g/mol. The van der Waals surface area contributed by atoms with Crippen LogP contribution < -0.4 is 11.1 Å². The minimum atomic E-state index is -0.340. The minimum Gasteiger partial charge on any atom is -0.389 e. The number of rotatable bonds is 4. The summed E-state index contributed by atoms with van der Waals surface area (Å²) in [6.45, 7) is 2.85. The summed E-state index contributed by atoms with van der Waals surface area (Å²) in [5.74, 6) is -0.340. The first-order valence-corrected chi connectivity index (χ1v) is 6.46. The zero-order valence-electron chi connectivity index (χ0n) is 10.3. The first-order chi connectivity index (χ1) is 8.58. The summed E-state index contributed by atoms with van der Waals surface area (Å²) >= 11 is 4.94.